The Morgan fingerprint density at radius 3 is 2.57 bits per heavy atom. The fourth-order valence-electron chi connectivity index (χ4n) is 2.76. The van der Waals surface area contributed by atoms with Crippen molar-refractivity contribution in [3.05, 3.63) is 84.2 Å². The zero-order valence-electron chi connectivity index (χ0n) is 15.0. The lowest BCUT2D eigenvalue weighted by Gasteiger charge is -2.25. The second-order valence-corrected chi connectivity index (χ2v) is 6.84. The van der Waals surface area contributed by atoms with Gasteiger partial charge in [-0.1, -0.05) is 18.2 Å². The molecule has 0 aliphatic heterocycles. The zero-order chi connectivity index (χ0) is 21.3. The Morgan fingerprint density at radius 2 is 1.87 bits per heavy atom. The number of carbonyl (C=O) groups is 1. The number of hydrogen-bond acceptors (Lipinski definition) is 5. The molecule has 2 aromatic heterocycles. The summed E-state index contributed by atoms with van der Waals surface area (Å²) in [4.78, 5) is 16.8. The SMILES string of the molecule is O=C(Nc1ccccc1)c1cnn2ccc(N(c3ccc(F)c(F)c3)S(=O)[O-])nc12. The second-order valence-electron chi connectivity index (χ2n) is 6.04. The maximum Gasteiger partial charge on any atom is 0.261 e. The number of nitrogens with zero attached hydrogens (tertiary/aromatic N) is 4. The maximum absolute atomic E-state index is 13.6. The van der Waals surface area contributed by atoms with Crippen LogP contribution in [0.5, 0.6) is 0 Å². The lowest BCUT2D eigenvalue weighted by Crippen LogP contribution is -2.21. The number of hydrogen-bond donors (Lipinski definition) is 1. The van der Waals surface area contributed by atoms with Crippen molar-refractivity contribution in [1.82, 2.24) is 14.6 Å². The van der Waals surface area contributed by atoms with Gasteiger partial charge in [0.2, 0.25) is 0 Å². The highest BCUT2D eigenvalue weighted by atomic mass is 32.2. The fourth-order valence-corrected chi connectivity index (χ4v) is 3.30. The molecule has 1 amide bonds. The number of benzene rings is 2. The van der Waals surface area contributed by atoms with Gasteiger partial charge in [-0.05, 0) is 24.3 Å². The van der Waals surface area contributed by atoms with Gasteiger partial charge in [-0.15, -0.1) is 0 Å². The van der Waals surface area contributed by atoms with Gasteiger partial charge in [0.05, 0.1) is 23.2 Å². The van der Waals surface area contributed by atoms with E-state index in [0.29, 0.717) is 9.99 Å². The largest absolute Gasteiger partial charge is 0.755 e. The van der Waals surface area contributed by atoms with Crippen molar-refractivity contribution in [3.63, 3.8) is 0 Å². The molecule has 152 valence electrons. The Hall–Kier alpha value is -3.70. The van der Waals surface area contributed by atoms with Crippen LogP contribution in [0, 0.1) is 11.6 Å². The number of anilines is 3. The molecular formula is C19H12F2N5O3S-. The number of fused-ring (bicyclic) bond motifs is 1. The zero-order valence-corrected chi connectivity index (χ0v) is 15.8. The predicted molar refractivity (Wildman–Crippen MR) is 105 cm³/mol. The molecule has 0 bridgehead atoms. The first-order valence-electron chi connectivity index (χ1n) is 8.49. The van der Waals surface area contributed by atoms with E-state index in [0.717, 1.165) is 18.2 Å². The summed E-state index contributed by atoms with van der Waals surface area (Å²) in [6.07, 6.45) is 2.69. The summed E-state index contributed by atoms with van der Waals surface area (Å²) in [5.74, 6) is -2.95. The van der Waals surface area contributed by atoms with E-state index in [-0.39, 0.29) is 22.7 Å². The Balaban J connectivity index is 1.74. The molecule has 4 rings (SSSR count). The summed E-state index contributed by atoms with van der Waals surface area (Å²) in [5.41, 5.74) is 0.581. The van der Waals surface area contributed by atoms with E-state index in [1.807, 2.05) is 0 Å². The van der Waals surface area contributed by atoms with Gasteiger partial charge in [-0.2, -0.15) is 5.10 Å². The van der Waals surface area contributed by atoms with Crippen molar-refractivity contribution >= 4 is 40.0 Å². The van der Waals surface area contributed by atoms with Crippen LogP contribution < -0.4 is 9.62 Å². The minimum Gasteiger partial charge on any atom is -0.755 e. The molecule has 0 saturated heterocycles. The van der Waals surface area contributed by atoms with Gasteiger partial charge in [0.1, 0.15) is 11.4 Å². The number of aromatic nitrogens is 3. The molecular weight excluding hydrogens is 416 g/mol. The molecule has 11 heteroatoms. The van der Waals surface area contributed by atoms with Crippen LogP contribution in [0.25, 0.3) is 5.65 Å². The molecule has 0 aliphatic rings. The van der Waals surface area contributed by atoms with E-state index in [2.05, 4.69) is 15.4 Å². The monoisotopic (exact) mass is 428 g/mol. The molecule has 2 heterocycles. The number of halogens is 2. The highest BCUT2D eigenvalue weighted by molar-refractivity contribution is 7.81. The predicted octanol–water partition coefficient (Wildman–Crippen LogP) is 3.19. The molecule has 30 heavy (non-hydrogen) atoms. The minimum atomic E-state index is -2.90. The average molecular weight is 428 g/mol. The van der Waals surface area contributed by atoms with Gasteiger partial charge in [-0.3, -0.25) is 13.3 Å². The van der Waals surface area contributed by atoms with Gasteiger partial charge in [-0.25, -0.2) is 18.3 Å². The summed E-state index contributed by atoms with van der Waals surface area (Å²) in [5, 5.41) is 6.73. The minimum absolute atomic E-state index is 0.0824. The van der Waals surface area contributed by atoms with Crippen LogP contribution >= 0.6 is 0 Å². The Labute approximate surface area is 171 Å². The average Bonchev–Trinajstić information content (AvgIpc) is 3.15. The van der Waals surface area contributed by atoms with Gasteiger partial charge in [0.15, 0.2) is 17.3 Å². The van der Waals surface area contributed by atoms with E-state index in [1.54, 1.807) is 30.3 Å². The standard InChI is InChI=1S/C19H13F2N5O3S/c20-15-7-6-13(10-16(15)21)26(30(28)29)17-8-9-25-18(24-17)14(11-22-25)19(27)23-12-4-2-1-3-5-12/h1-11H,(H,23,27)(H,28,29)/p-1. The maximum atomic E-state index is 13.6. The lowest BCUT2D eigenvalue weighted by molar-refractivity contribution is 0.102. The molecule has 0 fully saturated rings. The molecule has 1 atom stereocenters. The third-order valence-corrected chi connectivity index (χ3v) is 4.82. The summed E-state index contributed by atoms with van der Waals surface area (Å²) < 4.78 is 52.4. The molecule has 4 aromatic rings. The summed E-state index contributed by atoms with van der Waals surface area (Å²) in [6, 6.07) is 12.7. The lowest BCUT2D eigenvalue weighted by atomic mass is 10.2. The Bertz CT molecular complexity index is 1270. The molecule has 1 unspecified atom stereocenters. The van der Waals surface area contributed by atoms with Crippen molar-refractivity contribution in [2.45, 2.75) is 0 Å². The third kappa shape index (κ3) is 3.75. The van der Waals surface area contributed by atoms with E-state index in [9.17, 15) is 22.3 Å². The third-order valence-electron chi connectivity index (χ3n) is 4.13. The molecule has 1 N–H and O–H groups in total. The molecule has 8 nitrogen and oxygen atoms in total. The van der Waals surface area contributed by atoms with Gasteiger partial charge in [0, 0.05) is 24.0 Å². The number of rotatable bonds is 5. The van der Waals surface area contributed by atoms with Crippen molar-refractivity contribution in [2.24, 2.45) is 0 Å². The quantitative estimate of drug-likeness (QED) is 0.492. The van der Waals surface area contributed by atoms with Crippen molar-refractivity contribution in [2.75, 3.05) is 9.62 Å². The second kappa shape index (κ2) is 7.97. The number of para-hydroxylation sites is 1. The Kier molecular flexibility index (Phi) is 5.21. The Morgan fingerprint density at radius 1 is 1.10 bits per heavy atom. The van der Waals surface area contributed by atoms with Crippen LogP contribution in [0.4, 0.5) is 26.0 Å². The van der Waals surface area contributed by atoms with E-state index in [4.69, 9.17) is 0 Å². The number of nitrogens with one attached hydrogen (secondary N) is 1. The highest BCUT2D eigenvalue weighted by Gasteiger charge is 2.19. The van der Waals surface area contributed by atoms with Crippen LogP contribution in [0.2, 0.25) is 0 Å². The topological polar surface area (TPSA) is 103 Å². The van der Waals surface area contributed by atoms with E-state index < -0.39 is 28.8 Å². The number of carbonyl (C=O) groups excluding carboxylic acids is 1. The van der Waals surface area contributed by atoms with Crippen LogP contribution in [-0.2, 0) is 11.3 Å². The molecule has 0 spiro atoms. The van der Waals surface area contributed by atoms with E-state index in [1.165, 1.54) is 23.0 Å². The van der Waals surface area contributed by atoms with Crippen LogP contribution in [0.1, 0.15) is 10.4 Å². The normalized spacial score (nSPS) is 12.0. The molecule has 0 saturated carbocycles. The summed E-state index contributed by atoms with van der Waals surface area (Å²) in [7, 11) is 0. The molecule has 0 aliphatic carbocycles. The van der Waals surface area contributed by atoms with Crippen LogP contribution in [0.15, 0.2) is 67.0 Å². The van der Waals surface area contributed by atoms with Gasteiger partial charge < -0.3 is 9.87 Å². The summed E-state index contributed by atoms with van der Waals surface area (Å²) in [6.45, 7) is 0. The first-order chi connectivity index (χ1) is 14.4. The van der Waals surface area contributed by atoms with Crippen molar-refractivity contribution in [3.8, 4) is 0 Å². The van der Waals surface area contributed by atoms with Crippen molar-refractivity contribution < 1.29 is 22.3 Å². The molecule has 0 radical (unpaired) electrons. The van der Waals surface area contributed by atoms with Crippen molar-refractivity contribution in [1.29, 1.82) is 0 Å². The summed E-state index contributed by atoms with van der Waals surface area (Å²) >= 11 is -2.90. The molecule has 2 aromatic carbocycles. The van der Waals surface area contributed by atoms with E-state index >= 15 is 0 Å². The van der Waals surface area contributed by atoms with Crippen LogP contribution in [-0.4, -0.2) is 29.3 Å². The first kappa shape index (κ1) is 19.6. The number of amides is 1. The highest BCUT2D eigenvalue weighted by Crippen LogP contribution is 2.27. The van der Waals surface area contributed by atoms with Crippen LogP contribution in [0.3, 0.4) is 0 Å². The smallest absolute Gasteiger partial charge is 0.261 e. The fraction of sp³-hybridized carbons (Fsp3) is 0. The van der Waals surface area contributed by atoms with Gasteiger partial charge >= 0.3 is 0 Å². The van der Waals surface area contributed by atoms with Gasteiger partial charge in [0.25, 0.3) is 5.91 Å². The first-order valence-corrected chi connectivity index (χ1v) is 9.52.